The van der Waals surface area contributed by atoms with Crippen molar-refractivity contribution in [3.8, 4) is 11.4 Å². The molecule has 0 aliphatic heterocycles. The first kappa shape index (κ1) is 10.9. The maximum absolute atomic E-state index is 10.7. The van der Waals surface area contributed by atoms with Crippen molar-refractivity contribution < 1.29 is 4.92 Å². The van der Waals surface area contributed by atoms with E-state index in [-0.39, 0.29) is 5.69 Å². The Morgan fingerprint density at radius 1 is 1.53 bits per heavy atom. The van der Waals surface area contributed by atoms with E-state index >= 15 is 0 Å². The van der Waals surface area contributed by atoms with Gasteiger partial charge in [-0.05, 0) is 17.2 Å². The number of aromatic nitrogens is 4. The predicted octanol–water partition coefficient (Wildman–Crippen LogP) is 1.50. The van der Waals surface area contributed by atoms with Gasteiger partial charge in [-0.25, -0.2) is 0 Å². The third-order valence-corrected chi connectivity index (χ3v) is 2.25. The van der Waals surface area contributed by atoms with Gasteiger partial charge in [-0.3, -0.25) is 10.1 Å². The van der Waals surface area contributed by atoms with Gasteiger partial charge in [0, 0.05) is 17.7 Å². The number of non-ortho nitro benzene ring substituents is 1. The molecule has 0 aliphatic carbocycles. The smallest absolute Gasteiger partial charge is 0.258 e. The number of H-pyrrole nitrogens is 1. The molecule has 2 rings (SSSR count). The van der Waals surface area contributed by atoms with Gasteiger partial charge >= 0.3 is 0 Å². The van der Waals surface area contributed by atoms with Gasteiger partial charge in [-0.2, -0.15) is 5.21 Å². The Morgan fingerprint density at radius 3 is 2.94 bits per heavy atom. The lowest BCUT2D eigenvalue weighted by atomic mass is 10.0. The van der Waals surface area contributed by atoms with E-state index < -0.39 is 4.92 Å². The summed E-state index contributed by atoms with van der Waals surface area (Å²) in [5.41, 5.74) is 1.46. The van der Waals surface area contributed by atoms with Crippen molar-refractivity contribution in [1.29, 1.82) is 0 Å². The number of nitro benzene ring substituents is 1. The molecule has 0 fully saturated rings. The fraction of sp³-hybridized carbons (Fsp3) is 0.100. The van der Waals surface area contributed by atoms with Crippen LogP contribution in [-0.4, -0.2) is 25.5 Å². The average Bonchev–Trinajstić information content (AvgIpc) is 2.83. The van der Waals surface area contributed by atoms with E-state index in [9.17, 15) is 10.1 Å². The minimum Gasteiger partial charge on any atom is -0.258 e. The summed E-state index contributed by atoms with van der Waals surface area (Å²) in [6.07, 6.45) is 2.30. The second kappa shape index (κ2) is 4.52. The van der Waals surface area contributed by atoms with Crippen molar-refractivity contribution in [2.45, 2.75) is 6.42 Å². The number of aromatic amines is 1. The van der Waals surface area contributed by atoms with Gasteiger partial charge in [0.1, 0.15) is 0 Å². The molecule has 1 N–H and O–H groups in total. The van der Waals surface area contributed by atoms with E-state index in [4.69, 9.17) is 0 Å². The number of tetrazole rings is 1. The molecule has 17 heavy (non-hydrogen) atoms. The number of hydrogen-bond donors (Lipinski definition) is 1. The van der Waals surface area contributed by atoms with Gasteiger partial charge in [0.25, 0.3) is 5.69 Å². The van der Waals surface area contributed by atoms with E-state index in [1.54, 1.807) is 12.1 Å². The molecule has 0 spiro atoms. The second-order valence-corrected chi connectivity index (χ2v) is 3.33. The zero-order valence-electron chi connectivity index (χ0n) is 8.83. The predicted molar refractivity (Wildman–Crippen MR) is 60.2 cm³/mol. The summed E-state index contributed by atoms with van der Waals surface area (Å²) in [5.74, 6) is 0.338. The van der Waals surface area contributed by atoms with Crippen LogP contribution in [0, 0.1) is 10.1 Å². The molecule has 0 saturated carbocycles. The van der Waals surface area contributed by atoms with Gasteiger partial charge in [0.15, 0.2) is 0 Å². The molecular weight excluding hydrogens is 222 g/mol. The van der Waals surface area contributed by atoms with Crippen LogP contribution in [0.1, 0.15) is 5.56 Å². The Kier molecular flexibility index (Phi) is 2.91. The highest BCUT2D eigenvalue weighted by Crippen LogP contribution is 2.25. The van der Waals surface area contributed by atoms with E-state index in [1.807, 2.05) is 0 Å². The molecule has 0 radical (unpaired) electrons. The molecule has 86 valence electrons. The Labute approximate surface area is 96.3 Å². The van der Waals surface area contributed by atoms with Crippen LogP contribution < -0.4 is 0 Å². The maximum Gasteiger partial charge on any atom is 0.270 e. The monoisotopic (exact) mass is 231 g/mol. The van der Waals surface area contributed by atoms with E-state index in [2.05, 4.69) is 27.2 Å². The Balaban J connectivity index is 2.55. The number of allylic oxidation sites excluding steroid dienone is 1. The summed E-state index contributed by atoms with van der Waals surface area (Å²) < 4.78 is 0. The Hall–Kier alpha value is -2.57. The summed E-state index contributed by atoms with van der Waals surface area (Å²) in [6, 6.07) is 4.55. The summed E-state index contributed by atoms with van der Waals surface area (Å²) in [7, 11) is 0. The third-order valence-electron chi connectivity index (χ3n) is 2.25. The van der Waals surface area contributed by atoms with Crippen LogP contribution in [0.3, 0.4) is 0 Å². The number of rotatable bonds is 4. The molecule has 0 aliphatic rings. The summed E-state index contributed by atoms with van der Waals surface area (Å²) >= 11 is 0. The third kappa shape index (κ3) is 2.17. The molecule has 7 nitrogen and oxygen atoms in total. The number of hydrogen-bond acceptors (Lipinski definition) is 5. The SMILES string of the molecule is C=CCc1ccc([N+](=O)[O-])cc1-c1nn[nH]n1. The Morgan fingerprint density at radius 2 is 2.35 bits per heavy atom. The minimum atomic E-state index is -0.457. The van der Waals surface area contributed by atoms with Crippen molar-refractivity contribution in [1.82, 2.24) is 20.6 Å². The van der Waals surface area contributed by atoms with Crippen LogP contribution in [0.2, 0.25) is 0 Å². The van der Waals surface area contributed by atoms with Gasteiger partial charge in [0.2, 0.25) is 5.82 Å². The molecule has 0 saturated heterocycles. The highest BCUT2D eigenvalue weighted by Gasteiger charge is 2.14. The molecule has 2 aromatic rings. The fourth-order valence-corrected chi connectivity index (χ4v) is 1.50. The van der Waals surface area contributed by atoms with Crippen LogP contribution >= 0.6 is 0 Å². The number of nitrogens with zero attached hydrogens (tertiary/aromatic N) is 4. The van der Waals surface area contributed by atoms with E-state index in [0.29, 0.717) is 17.8 Å². The first-order valence-corrected chi connectivity index (χ1v) is 4.84. The fourth-order valence-electron chi connectivity index (χ4n) is 1.50. The van der Waals surface area contributed by atoms with Gasteiger partial charge in [-0.1, -0.05) is 12.1 Å². The highest BCUT2D eigenvalue weighted by molar-refractivity contribution is 5.63. The first-order valence-electron chi connectivity index (χ1n) is 4.84. The van der Waals surface area contributed by atoms with Crippen molar-refractivity contribution in [2.75, 3.05) is 0 Å². The first-order chi connectivity index (χ1) is 8.22. The second-order valence-electron chi connectivity index (χ2n) is 3.33. The van der Waals surface area contributed by atoms with Crippen LogP contribution in [0.4, 0.5) is 5.69 Å². The molecule has 0 atom stereocenters. The quantitative estimate of drug-likeness (QED) is 0.488. The van der Waals surface area contributed by atoms with Crippen molar-refractivity contribution in [2.24, 2.45) is 0 Å². The zero-order chi connectivity index (χ0) is 12.3. The van der Waals surface area contributed by atoms with Crippen LogP contribution in [-0.2, 0) is 6.42 Å². The molecule has 0 amide bonds. The standard InChI is InChI=1S/C10H9N5O2/c1-2-3-7-4-5-8(15(16)17)6-9(7)10-11-13-14-12-10/h2,4-6H,1,3H2,(H,11,12,13,14). The highest BCUT2D eigenvalue weighted by atomic mass is 16.6. The molecule has 1 aromatic heterocycles. The van der Waals surface area contributed by atoms with Gasteiger partial charge in [0.05, 0.1) is 4.92 Å². The Bertz CT molecular complexity index is 550. The van der Waals surface area contributed by atoms with Crippen LogP contribution in [0.5, 0.6) is 0 Å². The van der Waals surface area contributed by atoms with Crippen LogP contribution in [0.25, 0.3) is 11.4 Å². The minimum absolute atomic E-state index is 0.00221. The van der Waals surface area contributed by atoms with E-state index in [0.717, 1.165) is 5.56 Å². The summed E-state index contributed by atoms with van der Waals surface area (Å²) in [4.78, 5) is 10.3. The number of nitro groups is 1. The van der Waals surface area contributed by atoms with Crippen LogP contribution in [0.15, 0.2) is 30.9 Å². The lowest BCUT2D eigenvalue weighted by Crippen LogP contribution is -1.94. The molecule has 0 unspecified atom stereocenters. The molecular formula is C10H9N5O2. The molecule has 7 heteroatoms. The zero-order valence-corrected chi connectivity index (χ0v) is 8.83. The maximum atomic E-state index is 10.7. The summed E-state index contributed by atoms with van der Waals surface area (Å²) in [6.45, 7) is 3.64. The lowest BCUT2D eigenvalue weighted by molar-refractivity contribution is -0.384. The molecule has 0 bridgehead atoms. The number of benzene rings is 1. The van der Waals surface area contributed by atoms with E-state index in [1.165, 1.54) is 12.1 Å². The number of nitrogens with one attached hydrogen (secondary N) is 1. The van der Waals surface area contributed by atoms with Crippen molar-refractivity contribution >= 4 is 5.69 Å². The molecule has 1 aromatic carbocycles. The topological polar surface area (TPSA) is 97.6 Å². The molecule has 1 heterocycles. The normalized spacial score (nSPS) is 10.1. The summed E-state index contributed by atoms with van der Waals surface area (Å²) in [5, 5.41) is 24.1. The van der Waals surface area contributed by atoms with Crippen molar-refractivity contribution in [3.05, 3.63) is 46.5 Å². The van der Waals surface area contributed by atoms with Gasteiger partial charge < -0.3 is 0 Å². The largest absolute Gasteiger partial charge is 0.270 e. The van der Waals surface area contributed by atoms with Gasteiger partial charge in [-0.15, -0.1) is 16.8 Å². The average molecular weight is 231 g/mol. The lowest BCUT2D eigenvalue weighted by Gasteiger charge is -2.03. The van der Waals surface area contributed by atoms with Crippen molar-refractivity contribution in [3.63, 3.8) is 0 Å².